The number of carbonyl (C=O) groups excluding carboxylic acids is 1. The molecule has 3 nitrogen and oxygen atoms in total. The Labute approximate surface area is 101 Å². The van der Waals surface area contributed by atoms with E-state index in [1.807, 2.05) is 0 Å². The van der Waals surface area contributed by atoms with Crippen molar-refractivity contribution in [3.05, 3.63) is 27.2 Å². The molecule has 5 heteroatoms. The molecule has 0 aromatic heterocycles. The van der Waals surface area contributed by atoms with Gasteiger partial charge in [-0.15, -0.1) is 0 Å². The minimum Gasteiger partial charge on any atom is -0.468 e. The number of hydrogen-bond acceptors (Lipinski definition) is 2. The maximum absolute atomic E-state index is 11.7. The second-order valence-electron chi connectivity index (χ2n) is 3.83. The lowest BCUT2D eigenvalue weighted by Crippen LogP contribution is -2.51. The van der Waals surface area contributed by atoms with Crippen molar-refractivity contribution in [3.63, 3.8) is 0 Å². The Kier molecular flexibility index (Phi) is 2.43. The normalized spacial score (nSPS) is 17.7. The summed E-state index contributed by atoms with van der Waals surface area (Å²) >= 11 is 9.19. The predicted octanol–water partition coefficient (Wildman–Crippen LogP) is 2.96. The lowest BCUT2D eigenvalue weighted by atomic mass is 10.1. The highest BCUT2D eigenvalue weighted by Gasteiger charge is 2.31. The lowest BCUT2D eigenvalue weighted by Gasteiger charge is -2.33. The van der Waals surface area contributed by atoms with Crippen LogP contribution < -0.4 is 10.1 Å². The first-order valence-corrected chi connectivity index (χ1v) is 5.57. The first kappa shape index (κ1) is 10.8. The largest absolute Gasteiger partial charge is 0.468 e. The average Bonchev–Trinajstić information content (AvgIpc) is 2.07. The molecule has 1 amide bonds. The van der Waals surface area contributed by atoms with Gasteiger partial charge in [-0.3, -0.25) is 4.79 Å². The SMILES string of the molecule is CC1(C)NC(=O)c2cc(Br)c(Cl)cc2O1. The number of carbonyl (C=O) groups is 1. The van der Waals surface area contributed by atoms with Crippen molar-refractivity contribution in [2.45, 2.75) is 19.6 Å². The first-order chi connectivity index (χ1) is 6.89. The molecule has 0 atom stereocenters. The fourth-order valence-corrected chi connectivity index (χ4v) is 1.93. The Morgan fingerprint density at radius 2 is 2.13 bits per heavy atom. The lowest BCUT2D eigenvalue weighted by molar-refractivity contribution is 0.0433. The smallest absolute Gasteiger partial charge is 0.258 e. The van der Waals surface area contributed by atoms with Gasteiger partial charge in [0, 0.05) is 10.5 Å². The molecule has 15 heavy (non-hydrogen) atoms. The molecule has 0 saturated heterocycles. The van der Waals surface area contributed by atoms with Crippen LogP contribution in [0.15, 0.2) is 16.6 Å². The monoisotopic (exact) mass is 289 g/mol. The number of fused-ring (bicyclic) bond motifs is 1. The van der Waals surface area contributed by atoms with E-state index in [-0.39, 0.29) is 5.91 Å². The van der Waals surface area contributed by atoms with Crippen molar-refractivity contribution >= 4 is 33.4 Å². The quantitative estimate of drug-likeness (QED) is 0.798. The zero-order valence-electron chi connectivity index (χ0n) is 8.23. The van der Waals surface area contributed by atoms with E-state index in [0.29, 0.717) is 20.8 Å². The topological polar surface area (TPSA) is 38.3 Å². The average molecular weight is 291 g/mol. The van der Waals surface area contributed by atoms with E-state index in [4.69, 9.17) is 16.3 Å². The molecular formula is C10H9BrClNO2. The maximum Gasteiger partial charge on any atom is 0.258 e. The Balaban J connectivity index is 2.56. The standard InChI is InChI=1S/C10H9BrClNO2/c1-10(2)13-9(14)5-3-6(11)7(12)4-8(5)15-10/h3-4H,1-2H3,(H,13,14). The van der Waals surface area contributed by atoms with Crippen molar-refractivity contribution < 1.29 is 9.53 Å². The number of nitrogens with one attached hydrogen (secondary N) is 1. The molecule has 1 aromatic rings. The van der Waals surface area contributed by atoms with Crippen LogP contribution in [0.5, 0.6) is 5.75 Å². The van der Waals surface area contributed by atoms with Gasteiger partial charge in [-0.1, -0.05) is 11.6 Å². The van der Waals surface area contributed by atoms with Gasteiger partial charge in [-0.05, 0) is 35.8 Å². The molecule has 0 saturated carbocycles. The van der Waals surface area contributed by atoms with E-state index in [1.165, 1.54) is 0 Å². The molecular weight excluding hydrogens is 281 g/mol. The zero-order valence-corrected chi connectivity index (χ0v) is 10.6. The second-order valence-corrected chi connectivity index (χ2v) is 5.09. The number of hydrogen-bond donors (Lipinski definition) is 1. The van der Waals surface area contributed by atoms with Gasteiger partial charge in [0.25, 0.3) is 5.91 Å². The van der Waals surface area contributed by atoms with Crippen molar-refractivity contribution in [2.24, 2.45) is 0 Å². The van der Waals surface area contributed by atoms with Crippen LogP contribution in [0.4, 0.5) is 0 Å². The summed E-state index contributed by atoms with van der Waals surface area (Å²) in [5.74, 6) is 0.357. The van der Waals surface area contributed by atoms with Crippen LogP contribution in [0.25, 0.3) is 0 Å². The Hall–Kier alpha value is -0.740. The van der Waals surface area contributed by atoms with Crippen molar-refractivity contribution in [1.82, 2.24) is 5.32 Å². The van der Waals surface area contributed by atoms with Gasteiger partial charge in [-0.2, -0.15) is 0 Å². The molecule has 0 aliphatic carbocycles. The highest BCUT2D eigenvalue weighted by Crippen LogP contribution is 2.34. The van der Waals surface area contributed by atoms with Crippen molar-refractivity contribution in [2.75, 3.05) is 0 Å². The van der Waals surface area contributed by atoms with Crippen LogP contribution >= 0.6 is 27.5 Å². The summed E-state index contributed by atoms with van der Waals surface area (Å²) in [4.78, 5) is 11.7. The third-order valence-electron chi connectivity index (χ3n) is 2.05. The molecule has 0 spiro atoms. The molecule has 1 N–H and O–H groups in total. The molecule has 0 fully saturated rings. The van der Waals surface area contributed by atoms with E-state index in [0.717, 1.165) is 0 Å². The summed E-state index contributed by atoms with van der Waals surface area (Å²) in [7, 11) is 0. The van der Waals surface area contributed by atoms with Crippen LogP contribution in [-0.4, -0.2) is 11.6 Å². The molecule has 2 rings (SSSR count). The number of ether oxygens (including phenoxy) is 1. The van der Waals surface area contributed by atoms with Gasteiger partial charge in [0.05, 0.1) is 10.6 Å². The summed E-state index contributed by atoms with van der Waals surface area (Å²) in [5.41, 5.74) is -0.202. The highest BCUT2D eigenvalue weighted by atomic mass is 79.9. The van der Waals surface area contributed by atoms with Gasteiger partial charge < -0.3 is 10.1 Å². The minimum atomic E-state index is -0.693. The van der Waals surface area contributed by atoms with E-state index in [1.54, 1.807) is 26.0 Å². The van der Waals surface area contributed by atoms with Crippen LogP contribution in [0.1, 0.15) is 24.2 Å². The van der Waals surface area contributed by atoms with Crippen LogP contribution in [0.3, 0.4) is 0 Å². The number of halogens is 2. The molecule has 0 radical (unpaired) electrons. The summed E-state index contributed by atoms with van der Waals surface area (Å²) in [5, 5.41) is 3.26. The summed E-state index contributed by atoms with van der Waals surface area (Å²) in [6.45, 7) is 3.56. The summed E-state index contributed by atoms with van der Waals surface area (Å²) in [6.07, 6.45) is 0. The first-order valence-electron chi connectivity index (χ1n) is 4.40. The fourth-order valence-electron chi connectivity index (χ4n) is 1.43. The minimum absolute atomic E-state index is 0.154. The molecule has 0 unspecified atom stereocenters. The molecule has 1 aliphatic rings. The third-order valence-corrected chi connectivity index (χ3v) is 3.24. The van der Waals surface area contributed by atoms with E-state index >= 15 is 0 Å². The number of rotatable bonds is 0. The molecule has 1 aromatic carbocycles. The van der Waals surface area contributed by atoms with Gasteiger partial charge >= 0.3 is 0 Å². The molecule has 1 heterocycles. The third kappa shape index (κ3) is 1.96. The van der Waals surface area contributed by atoms with Gasteiger partial charge in [-0.25, -0.2) is 0 Å². The van der Waals surface area contributed by atoms with Gasteiger partial charge in [0.1, 0.15) is 5.75 Å². The van der Waals surface area contributed by atoms with Gasteiger partial charge in [0.15, 0.2) is 5.72 Å². The fraction of sp³-hybridized carbons (Fsp3) is 0.300. The summed E-state index contributed by atoms with van der Waals surface area (Å²) < 4.78 is 6.27. The van der Waals surface area contributed by atoms with E-state index in [2.05, 4.69) is 21.2 Å². The molecule has 80 valence electrons. The Morgan fingerprint density at radius 3 is 2.80 bits per heavy atom. The number of amides is 1. The Morgan fingerprint density at radius 1 is 1.47 bits per heavy atom. The van der Waals surface area contributed by atoms with Crippen molar-refractivity contribution in [3.8, 4) is 5.75 Å². The molecule has 0 bridgehead atoms. The maximum atomic E-state index is 11.7. The van der Waals surface area contributed by atoms with E-state index < -0.39 is 5.72 Å². The van der Waals surface area contributed by atoms with E-state index in [9.17, 15) is 4.79 Å². The summed E-state index contributed by atoms with van der Waals surface area (Å²) in [6, 6.07) is 3.30. The predicted molar refractivity (Wildman–Crippen MR) is 61.3 cm³/mol. The molecule has 1 aliphatic heterocycles. The highest BCUT2D eigenvalue weighted by molar-refractivity contribution is 9.10. The van der Waals surface area contributed by atoms with Crippen molar-refractivity contribution in [1.29, 1.82) is 0 Å². The second kappa shape index (κ2) is 3.39. The Bertz CT molecular complexity index is 445. The van der Waals surface area contributed by atoms with Gasteiger partial charge in [0.2, 0.25) is 0 Å². The number of benzene rings is 1. The van der Waals surface area contributed by atoms with Crippen LogP contribution in [0, 0.1) is 0 Å². The van der Waals surface area contributed by atoms with Crippen LogP contribution in [0.2, 0.25) is 5.02 Å². The zero-order chi connectivity index (χ0) is 11.2. The van der Waals surface area contributed by atoms with Crippen LogP contribution in [-0.2, 0) is 0 Å².